The fourth-order valence-electron chi connectivity index (χ4n) is 1.85. The van der Waals surface area contributed by atoms with Crippen LogP contribution in [0.25, 0.3) is 0 Å². The molecule has 1 aromatic carbocycles. The molecule has 3 N–H and O–H groups in total. The molecule has 0 heterocycles. The maximum atomic E-state index is 8.87. The van der Waals surface area contributed by atoms with Crippen molar-refractivity contribution < 1.29 is 9.84 Å². The SMILES string of the molecule is COc1ccc(C)cc1C(C)(N)CCCO. The van der Waals surface area contributed by atoms with E-state index in [-0.39, 0.29) is 6.61 Å². The molecule has 0 aliphatic heterocycles. The minimum atomic E-state index is -0.458. The average molecular weight is 223 g/mol. The third-order valence-electron chi connectivity index (χ3n) is 2.82. The number of nitrogens with two attached hydrogens (primary N) is 1. The van der Waals surface area contributed by atoms with E-state index < -0.39 is 5.54 Å². The van der Waals surface area contributed by atoms with Crippen molar-refractivity contribution in [3.8, 4) is 5.75 Å². The summed E-state index contributed by atoms with van der Waals surface area (Å²) >= 11 is 0. The van der Waals surface area contributed by atoms with Crippen LogP contribution in [0.15, 0.2) is 18.2 Å². The van der Waals surface area contributed by atoms with E-state index in [1.54, 1.807) is 7.11 Å². The fraction of sp³-hybridized carbons (Fsp3) is 0.538. The van der Waals surface area contributed by atoms with Gasteiger partial charge < -0.3 is 15.6 Å². The summed E-state index contributed by atoms with van der Waals surface area (Å²) in [4.78, 5) is 0. The molecule has 3 heteroatoms. The van der Waals surface area contributed by atoms with E-state index in [1.165, 1.54) is 0 Å². The highest BCUT2D eigenvalue weighted by Gasteiger charge is 2.24. The molecule has 0 radical (unpaired) electrons. The third-order valence-corrected chi connectivity index (χ3v) is 2.82. The average Bonchev–Trinajstić information content (AvgIpc) is 2.26. The molecule has 3 nitrogen and oxygen atoms in total. The van der Waals surface area contributed by atoms with Gasteiger partial charge in [-0.2, -0.15) is 0 Å². The fourth-order valence-corrected chi connectivity index (χ4v) is 1.85. The summed E-state index contributed by atoms with van der Waals surface area (Å²) in [6.07, 6.45) is 1.44. The molecule has 1 rings (SSSR count). The number of methoxy groups -OCH3 is 1. The Hall–Kier alpha value is -1.06. The second-order valence-corrected chi connectivity index (χ2v) is 4.45. The monoisotopic (exact) mass is 223 g/mol. The Morgan fingerprint density at radius 2 is 2.12 bits per heavy atom. The molecular weight excluding hydrogens is 202 g/mol. The second-order valence-electron chi connectivity index (χ2n) is 4.45. The molecular formula is C13H21NO2. The van der Waals surface area contributed by atoms with Gasteiger partial charge in [0.1, 0.15) is 5.75 Å². The topological polar surface area (TPSA) is 55.5 Å². The highest BCUT2D eigenvalue weighted by molar-refractivity contribution is 5.41. The van der Waals surface area contributed by atoms with Crippen molar-refractivity contribution in [2.75, 3.05) is 13.7 Å². The van der Waals surface area contributed by atoms with E-state index in [4.69, 9.17) is 15.6 Å². The summed E-state index contributed by atoms with van der Waals surface area (Å²) in [6, 6.07) is 6.00. The first kappa shape index (κ1) is 13.0. The minimum Gasteiger partial charge on any atom is -0.496 e. The second kappa shape index (κ2) is 5.32. The van der Waals surface area contributed by atoms with Crippen LogP contribution in [0.3, 0.4) is 0 Å². The van der Waals surface area contributed by atoms with Gasteiger partial charge in [-0.15, -0.1) is 0 Å². The van der Waals surface area contributed by atoms with Crippen LogP contribution in [0.2, 0.25) is 0 Å². The lowest BCUT2D eigenvalue weighted by Gasteiger charge is -2.27. The van der Waals surface area contributed by atoms with E-state index >= 15 is 0 Å². The maximum Gasteiger partial charge on any atom is 0.123 e. The van der Waals surface area contributed by atoms with Crippen LogP contribution in [0, 0.1) is 6.92 Å². The zero-order valence-corrected chi connectivity index (χ0v) is 10.3. The molecule has 0 aliphatic rings. The predicted octanol–water partition coefficient (Wildman–Crippen LogP) is 1.95. The smallest absolute Gasteiger partial charge is 0.123 e. The van der Waals surface area contributed by atoms with Crippen LogP contribution in [-0.4, -0.2) is 18.8 Å². The number of aliphatic hydroxyl groups excluding tert-OH is 1. The lowest BCUT2D eigenvalue weighted by Crippen LogP contribution is -2.33. The van der Waals surface area contributed by atoms with Gasteiger partial charge in [0.25, 0.3) is 0 Å². The summed E-state index contributed by atoms with van der Waals surface area (Å²) in [5.41, 5.74) is 7.99. The molecule has 1 unspecified atom stereocenters. The van der Waals surface area contributed by atoms with Crippen LogP contribution in [0.1, 0.15) is 30.9 Å². The Kier molecular flexibility index (Phi) is 4.33. The van der Waals surface area contributed by atoms with Crippen LogP contribution >= 0.6 is 0 Å². The molecule has 16 heavy (non-hydrogen) atoms. The van der Waals surface area contributed by atoms with Gasteiger partial charge >= 0.3 is 0 Å². The zero-order chi connectivity index (χ0) is 12.2. The normalized spacial score (nSPS) is 14.6. The van der Waals surface area contributed by atoms with Gasteiger partial charge in [0.05, 0.1) is 7.11 Å². The van der Waals surface area contributed by atoms with Crippen molar-refractivity contribution in [2.24, 2.45) is 5.73 Å². The number of hydrogen-bond acceptors (Lipinski definition) is 3. The van der Waals surface area contributed by atoms with E-state index in [0.29, 0.717) is 6.42 Å². The van der Waals surface area contributed by atoms with Gasteiger partial charge in [-0.1, -0.05) is 17.7 Å². The third kappa shape index (κ3) is 2.97. The summed E-state index contributed by atoms with van der Waals surface area (Å²) in [6.45, 7) is 4.17. The molecule has 90 valence electrons. The Bertz CT molecular complexity index is 348. The van der Waals surface area contributed by atoms with Gasteiger partial charge in [-0.05, 0) is 32.8 Å². The van der Waals surface area contributed by atoms with Crippen LogP contribution in [0.5, 0.6) is 5.75 Å². The first-order chi connectivity index (χ1) is 7.51. The summed E-state index contributed by atoms with van der Waals surface area (Å²) in [5, 5.41) is 8.87. The van der Waals surface area contributed by atoms with Crippen molar-refractivity contribution in [3.63, 3.8) is 0 Å². The minimum absolute atomic E-state index is 0.168. The highest BCUT2D eigenvalue weighted by Crippen LogP contribution is 2.31. The first-order valence-electron chi connectivity index (χ1n) is 5.56. The molecule has 0 fully saturated rings. The molecule has 1 atom stereocenters. The number of aliphatic hydroxyl groups is 1. The molecule has 0 saturated carbocycles. The van der Waals surface area contributed by atoms with Gasteiger partial charge in [0.15, 0.2) is 0 Å². The van der Waals surface area contributed by atoms with Crippen LogP contribution in [-0.2, 0) is 5.54 Å². The maximum absolute atomic E-state index is 8.87. The Morgan fingerprint density at radius 1 is 1.44 bits per heavy atom. The van der Waals surface area contributed by atoms with E-state index in [2.05, 4.69) is 6.07 Å². The Balaban J connectivity index is 3.04. The number of hydrogen-bond donors (Lipinski definition) is 2. The molecule has 0 saturated heterocycles. The van der Waals surface area contributed by atoms with Crippen molar-refractivity contribution in [3.05, 3.63) is 29.3 Å². The molecule has 0 aliphatic carbocycles. The lowest BCUT2D eigenvalue weighted by molar-refractivity contribution is 0.263. The molecule has 0 spiro atoms. The van der Waals surface area contributed by atoms with Gasteiger partial charge in [-0.25, -0.2) is 0 Å². The van der Waals surface area contributed by atoms with Gasteiger partial charge in [0.2, 0.25) is 0 Å². The van der Waals surface area contributed by atoms with Gasteiger partial charge in [-0.3, -0.25) is 0 Å². The van der Waals surface area contributed by atoms with E-state index in [9.17, 15) is 0 Å². The zero-order valence-electron chi connectivity index (χ0n) is 10.3. The molecule has 1 aromatic rings. The Morgan fingerprint density at radius 3 is 2.69 bits per heavy atom. The molecule has 0 bridgehead atoms. The van der Waals surface area contributed by atoms with Crippen molar-refractivity contribution in [1.29, 1.82) is 0 Å². The highest BCUT2D eigenvalue weighted by atomic mass is 16.5. The number of rotatable bonds is 5. The Labute approximate surface area is 97.2 Å². The van der Waals surface area contributed by atoms with Crippen molar-refractivity contribution >= 4 is 0 Å². The van der Waals surface area contributed by atoms with Crippen LogP contribution < -0.4 is 10.5 Å². The van der Waals surface area contributed by atoms with Crippen molar-refractivity contribution in [2.45, 2.75) is 32.2 Å². The molecule has 0 aromatic heterocycles. The molecule has 0 amide bonds. The van der Waals surface area contributed by atoms with Crippen molar-refractivity contribution in [1.82, 2.24) is 0 Å². The van der Waals surface area contributed by atoms with Gasteiger partial charge in [0, 0.05) is 17.7 Å². The largest absolute Gasteiger partial charge is 0.496 e. The summed E-state index contributed by atoms with van der Waals surface area (Å²) in [5.74, 6) is 0.813. The van der Waals surface area contributed by atoms with Crippen LogP contribution in [0.4, 0.5) is 0 Å². The number of ether oxygens (including phenoxy) is 1. The number of benzene rings is 1. The number of aryl methyl sites for hydroxylation is 1. The lowest BCUT2D eigenvalue weighted by atomic mass is 9.87. The quantitative estimate of drug-likeness (QED) is 0.802. The predicted molar refractivity (Wildman–Crippen MR) is 65.6 cm³/mol. The summed E-state index contributed by atoms with van der Waals surface area (Å²) < 4.78 is 5.32. The van der Waals surface area contributed by atoms with E-state index in [0.717, 1.165) is 23.3 Å². The summed E-state index contributed by atoms with van der Waals surface area (Å²) in [7, 11) is 1.65. The first-order valence-corrected chi connectivity index (χ1v) is 5.56. The van der Waals surface area contributed by atoms with E-state index in [1.807, 2.05) is 26.0 Å². The standard InChI is InChI=1S/C13H21NO2/c1-10-5-6-12(16-3)11(9-10)13(2,14)7-4-8-15/h5-6,9,15H,4,7-8,14H2,1-3H3.